The van der Waals surface area contributed by atoms with Gasteiger partial charge in [-0.1, -0.05) is 20.8 Å². The number of alkyl halides is 3. The zero-order valence-electron chi connectivity index (χ0n) is 11.5. The van der Waals surface area contributed by atoms with Gasteiger partial charge in [0.1, 0.15) is 12.6 Å². The molecule has 0 heterocycles. The standard InChI is InChI=1S/C11H19F3N2O4/c1-10(2,3)7(8(18)19)15-9(20)16(4-5-17)6-11(12,13)14/h7,17H,4-6H2,1-3H3,(H,15,20)(H,18,19)/t7-/m0/s1. The van der Waals surface area contributed by atoms with Crippen molar-refractivity contribution in [2.24, 2.45) is 5.41 Å². The van der Waals surface area contributed by atoms with Crippen molar-refractivity contribution in [1.29, 1.82) is 0 Å². The van der Waals surface area contributed by atoms with Crippen molar-refractivity contribution in [1.82, 2.24) is 10.2 Å². The number of amides is 2. The van der Waals surface area contributed by atoms with Gasteiger partial charge in [0, 0.05) is 6.54 Å². The van der Waals surface area contributed by atoms with Crippen LogP contribution in [0.4, 0.5) is 18.0 Å². The smallest absolute Gasteiger partial charge is 0.406 e. The Morgan fingerprint density at radius 1 is 1.25 bits per heavy atom. The number of urea groups is 1. The molecule has 0 radical (unpaired) electrons. The summed E-state index contributed by atoms with van der Waals surface area (Å²) in [6, 6.07) is -2.52. The predicted molar refractivity (Wildman–Crippen MR) is 64.1 cm³/mol. The maximum atomic E-state index is 12.3. The minimum absolute atomic E-state index is 0.321. The topological polar surface area (TPSA) is 89.9 Å². The van der Waals surface area contributed by atoms with Crippen molar-refractivity contribution in [2.75, 3.05) is 19.7 Å². The van der Waals surface area contributed by atoms with Gasteiger partial charge in [0.2, 0.25) is 0 Å². The Balaban J connectivity index is 4.94. The SMILES string of the molecule is CC(C)(C)[C@@H](NC(=O)N(CCO)CC(F)(F)F)C(=O)O. The first-order valence-electron chi connectivity index (χ1n) is 5.84. The van der Waals surface area contributed by atoms with Crippen LogP contribution < -0.4 is 5.32 Å². The molecule has 118 valence electrons. The van der Waals surface area contributed by atoms with Gasteiger partial charge in [0.25, 0.3) is 0 Å². The number of aliphatic carboxylic acids is 1. The molecule has 9 heteroatoms. The van der Waals surface area contributed by atoms with E-state index in [1.807, 2.05) is 5.32 Å². The first kappa shape index (κ1) is 18.5. The Bertz CT molecular complexity index is 353. The van der Waals surface area contributed by atoms with E-state index in [0.29, 0.717) is 4.90 Å². The molecule has 0 bridgehead atoms. The molecule has 0 saturated heterocycles. The number of halogens is 3. The summed E-state index contributed by atoms with van der Waals surface area (Å²) in [5, 5.41) is 19.7. The summed E-state index contributed by atoms with van der Waals surface area (Å²) in [4.78, 5) is 23.1. The molecule has 0 aliphatic heterocycles. The van der Waals surface area contributed by atoms with Crippen molar-refractivity contribution in [3.05, 3.63) is 0 Å². The number of aliphatic hydroxyl groups excluding tert-OH is 1. The highest BCUT2D eigenvalue weighted by atomic mass is 19.4. The second-order valence-corrected chi connectivity index (χ2v) is 5.35. The Kier molecular flexibility index (Phi) is 6.27. The molecule has 0 saturated carbocycles. The van der Waals surface area contributed by atoms with Gasteiger partial charge >= 0.3 is 18.2 Å². The number of carbonyl (C=O) groups is 2. The zero-order valence-corrected chi connectivity index (χ0v) is 11.5. The molecule has 0 rings (SSSR count). The monoisotopic (exact) mass is 300 g/mol. The molecule has 0 aliphatic rings. The van der Waals surface area contributed by atoms with Crippen LogP contribution in [0, 0.1) is 5.41 Å². The molecule has 0 aliphatic carbocycles. The summed E-state index contributed by atoms with van der Waals surface area (Å²) < 4.78 is 36.9. The molecule has 1 atom stereocenters. The molecule has 0 aromatic carbocycles. The number of carbonyl (C=O) groups excluding carboxylic acids is 1. The minimum atomic E-state index is -4.63. The van der Waals surface area contributed by atoms with Crippen LogP contribution in [-0.2, 0) is 4.79 Å². The molecular weight excluding hydrogens is 281 g/mol. The van der Waals surface area contributed by atoms with E-state index in [2.05, 4.69) is 0 Å². The normalized spacial score (nSPS) is 13.8. The molecule has 0 aromatic rings. The van der Waals surface area contributed by atoms with Crippen molar-refractivity contribution < 1.29 is 33.0 Å². The lowest BCUT2D eigenvalue weighted by Crippen LogP contribution is -2.55. The van der Waals surface area contributed by atoms with Crippen LogP contribution in [0.25, 0.3) is 0 Å². The van der Waals surface area contributed by atoms with Gasteiger partial charge in [-0.25, -0.2) is 9.59 Å². The highest BCUT2D eigenvalue weighted by molar-refractivity contribution is 5.83. The van der Waals surface area contributed by atoms with Gasteiger partial charge in [-0.15, -0.1) is 0 Å². The Labute approximate surface area is 114 Å². The van der Waals surface area contributed by atoms with Gasteiger partial charge in [-0.2, -0.15) is 13.2 Å². The summed E-state index contributed by atoms with van der Waals surface area (Å²) in [5.41, 5.74) is -0.870. The maximum absolute atomic E-state index is 12.3. The second kappa shape index (κ2) is 6.78. The number of carboxylic acids is 1. The highest BCUT2D eigenvalue weighted by Crippen LogP contribution is 2.21. The van der Waals surface area contributed by atoms with E-state index in [-0.39, 0.29) is 0 Å². The highest BCUT2D eigenvalue weighted by Gasteiger charge is 2.37. The van der Waals surface area contributed by atoms with Gasteiger partial charge in [-0.05, 0) is 5.41 Å². The number of nitrogens with zero attached hydrogens (tertiary/aromatic N) is 1. The number of rotatable bonds is 5. The van der Waals surface area contributed by atoms with Gasteiger partial charge in [-0.3, -0.25) is 0 Å². The summed E-state index contributed by atoms with van der Waals surface area (Å²) in [6.07, 6.45) is -4.63. The first-order valence-corrected chi connectivity index (χ1v) is 5.84. The van der Waals surface area contributed by atoms with Crippen molar-refractivity contribution >= 4 is 12.0 Å². The molecule has 0 unspecified atom stereocenters. The molecule has 0 fully saturated rings. The van der Waals surface area contributed by atoms with Crippen molar-refractivity contribution in [3.8, 4) is 0 Å². The lowest BCUT2D eigenvalue weighted by molar-refractivity contribution is -0.143. The minimum Gasteiger partial charge on any atom is -0.480 e. The fraction of sp³-hybridized carbons (Fsp3) is 0.818. The molecule has 0 aromatic heterocycles. The van der Waals surface area contributed by atoms with Crippen molar-refractivity contribution in [3.63, 3.8) is 0 Å². The molecular formula is C11H19F3N2O4. The maximum Gasteiger partial charge on any atom is 0.406 e. The molecule has 6 nitrogen and oxygen atoms in total. The summed E-state index contributed by atoms with van der Waals surface area (Å²) in [5.74, 6) is -1.35. The average molecular weight is 300 g/mol. The summed E-state index contributed by atoms with van der Waals surface area (Å²) in [7, 11) is 0. The third-order valence-corrected chi connectivity index (χ3v) is 2.41. The summed E-state index contributed by atoms with van der Waals surface area (Å²) >= 11 is 0. The van der Waals surface area contributed by atoms with E-state index in [1.54, 1.807) is 0 Å². The Morgan fingerprint density at radius 2 is 1.75 bits per heavy atom. The average Bonchev–Trinajstić information content (AvgIpc) is 2.20. The fourth-order valence-corrected chi connectivity index (χ4v) is 1.45. The predicted octanol–water partition coefficient (Wildman–Crippen LogP) is 1.05. The zero-order chi connectivity index (χ0) is 16.1. The second-order valence-electron chi connectivity index (χ2n) is 5.35. The van der Waals surface area contributed by atoms with Gasteiger partial charge in [0.05, 0.1) is 6.61 Å². The number of aliphatic hydroxyl groups is 1. The number of hydrogen-bond acceptors (Lipinski definition) is 3. The van der Waals surface area contributed by atoms with E-state index in [9.17, 15) is 22.8 Å². The van der Waals surface area contributed by atoms with E-state index < -0.39 is 49.3 Å². The molecule has 3 N–H and O–H groups in total. The number of carboxylic acid groups (broad SMARTS) is 1. The third-order valence-electron chi connectivity index (χ3n) is 2.41. The van der Waals surface area contributed by atoms with Crippen molar-refractivity contribution in [2.45, 2.75) is 33.0 Å². The molecule has 2 amide bonds. The number of nitrogens with one attached hydrogen (secondary N) is 1. The van der Waals surface area contributed by atoms with Crippen LogP contribution in [0.1, 0.15) is 20.8 Å². The lowest BCUT2D eigenvalue weighted by Gasteiger charge is -2.31. The van der Waals surface area contributed by atoms with E-state index in [4.69, 9.17) is 10.2 Å². The molecule has 0 spiro atoms. The third kappa shape index (κ3) is 6.60. The van der Waals surface area contributed by atoms with Crippen LogP contribution in [0.15, 0.2) is 0 Å². The Hall–Kier alpha value is -1.51. The quantitative estimate of drug-likeness (QED) is 0.708. The van der Waals surface area contributed by atoms with E-state index >= 15 is 0 Å². The van der Waals surface area contributed by atoms with Crippen LogP contribution in [0.5, 0.6) is 0 Å². The summed E-state index contributed by atoms with van der Waals surface area (Å²) in [6.45, 7) is 1.85. The van der Waals surface area contributed by atoms with Crippen LogP contribution in [-0.4, -0.2) is 59.0 Å². The van der Waals surface area contributed by atoms with Gasteiger partial charge < -0.3 is 20.4 Å². The molecule has 20 heavy (non-hydrogen) atoms. The largest absolute Gasteiger partial charge is 0.480 e. The number of hydrogen-bond donors (Lipinski definition) is 3. The van der Waals surface area contributed by atoms with Crippen LogP contribution >= 0.6 is 0 Å². The van der Waals surface area contributed by atoms with Crippen LogP contribution in [0.3, 0.4) is 0 Å². The van der Waals surface area contributed by atoms with Crippen LogP contribution in [0.2, 0.25) is 0 Å². The Morgan fingerprint density at radius 3 is 2.05 bits per heavy atom. The first-order chi connectivity index (χ1) is 8.88. The fourth-order valence-electron chi connectivity index (χ4n) is 1.45. The van der Waals surface area contributed by atoms with E-state index in [1.165, 1.54) is 20.8 Å². The lowest BCUT2D eigenvalue weighted by atomic mass is 9.87. The van der Waals surface area contributed by atoms with Gasteiger partial charge in [0.15, 0.2) is 0 Å². The van der Waals surface area contributed by atoms with E-state index in [0.717, 1.165) is 0 Å².